The molecule has 2 rings (SSSR count). The Bertz CT molecular complexity index is 388. The zero-order chi connectivity index (χ0) is 8.55. The molecule has 0 aromatic carbocycles. The fourth-order valence-corrected chi connectivity index (χ4v) is 1.79. The molecule has 0 fully saturated rings. The highest BCUT2D eigenvalue weighted by Crippen LogP contribution is 2.25. The summed E-state index contributed by atoms with van der Waals surface area (Å²) in [6, 6.07) is 3.93. The highest BCUT2D eigenvalue weighted by Gasteiger charge is 2.03. The van der Waals surface area contributed by atoms with Crippen LogP contribution in [0.3, 0.4) is 0 Å². The Morgan fingerprint density at radius 3 is 2.92 bits per heavy atom. The summed E-state index contributed by atoms with van der Waals surface area (Å²) < 4.78 is 1.83. The Balaban J connectivity index is 2.50. The number of aryl methyl sites for hydroxylation is 1. The topological polar surface area (TPSA) is 43.8 Å². The van der Waals surface area contributed by atoms with Crippen molar-refractivity contribution < 1.29 is 0 Å². The Morgan fingerprint density at radius 1 is 1.58 bits per heavy atom. The van der Waals surface area contributed by atoms with Gasteiger partial charge in [0.05, 0.1) is 10.7 Å². The molecule has 0 saturated heterocycles. The molecule has 4 heteroatoms. The van der Waals surface area contributed by atoms with E-state index in [1.807, 2.05) is 29.2 Å². The molecule has 0 unspecified atom stereocenters. The van der Waals surface area contributed by atoms with Crippen LogP contribution in [-0.4, -0.2) is 9.78 Å². The third kappa shape index (κ3) is 1.10. The van der Waals surface area contributed by atoms with E-state index in [0.29, 0.717) is 0 Å². The van der Waals surface area contributed by atoms with E-state index < -0.39 is 0 Å². The van der Waals surface area contributed by atoms with Crippen LogP contribution in [0.5, 0.6) is 0 Å². The molecule has 0 amide bonds. The number of nitrogen functional groups attached to an aromatic ring is 1. The first-order valence-electron chi connectivity index (χ1n) is 3.60. The number of nitrogens with zero attached hydrogens (tertiary/aromatic N) is 2. The lowest BCUT2D eigenvalue weighted by molar-refractivity contribution is 0.776. The Labute approximate surface area is 74.4 Å². The van der Waals surface area contributed by atoms with E-state index in [9.17, 15) is 0 Å². The van der Waals surface area contributed by atoms with Crippen molar-refractivity contribution in [3.05, 3.63) is 23.7 Å². The van der Waals surface area contributed by atoms with Gasteiger partial charge in [0, 0.05) is 24.2 Å². The SMILES string of the molecule is Cn1nccc1-c1csc(N)c1. The van der Waals surface area contributed by atoms with Crippen LogP contribution in [0, 0.1) is 0 Å². The van der Waals surface area contributed by atoms with Crippen molar-refractivity contribution in [1.82, 2.24) is 9.78 Å². The van der Waals surface area contributed by atoms with E-state index in [-0.39, 0.29) is 0 Å². The average molecular weight is 179 g/mol. The molecule has 2 N–H and O–H groups in total. The quantitative estimate of drug-likeness (QED) is 0.724. The monoisotopic (exact) mass is 179 g/mol. The standard InChI is InChI=1S/C8H9N3S/c1-11-7(2-3-10-11)6-4-8(9)12-5-6/h2-5H,9H2,1H3. The molecule has 12 heavy (non-hydrogen) atoms. The van der Waals surface area contributed by atoms with Gasteiger partial charge in [-0.3, -0.25) is 4.68 Å². The summed E-state index contributed by atoms with van der Waals surface area (Å²) >= 11 is 1.55. The van der Waals surface area contributed by atoms with Gasteiger partial charge in [-0.2, -0.15) is 5.10 Å². The van der Waals surface area contributed by atoms with Gasteiger partial charge in [-0.05, 0) is 12.1 Å². The minimum atomic E-state index is 0.839. The first-order valence-corrected chi connectivity index (χ1v) is 4.48. The third-order valence-electron chi connectivity index (χ3n) is 1.74. The Morgan fingerprint density at radius 2 is 2.42 bits per heavy atom. The molecule has 0 aliphatic heterocycles. The summed E-state index contributed by atoms with van der Waals surface area (Å²) in [6.45, 7) is 0. The van der Waals surface area contributed by atoms with Crippen molar-refractivity contribution >= 4 is 16.3 Å². The van der Waals surface area contributed by atoms with Gasteiger partial charge in [-0.15, -0.1) is 11.3 Å². The normalized spacial score (nSPS) is 10.4. The Hall–Kier alpha value is -1.29. The van der Waals surface area contributed by atoms with Crippen molar-refractivity contribution in [2.45, 2.75) is 0 Å². The lowest BCUT2D eigenvalue weighted by atomic mass is 10.2. The number of anilines is 1. The summed E-state index contributed by atoms with van der Waals surface area (Å²) in [6.07, 6.45) is 1.78. The van der Waals surface area contributed by atoms with Crippen LogP contribution >= 0.6 is 11.3 Å². The first-order chi connectivity index (χ1) is 5.77. The van der Waals surface area contributed by atoms with Crippen LogP contribution in [0.4, 0.5) is 5.00 Å². The number of aromatic nitrogens is 2. The second-order valence-electron chi connectivity index (χ2n) is 2.58. The van der Waals surface area contributed by atoms with Crippen LogP contribution < -0.4 is 5.73 Å². The van der Waals surface area contributed by atoms with Gasteiger partial charge in [-0.1, -0.05) is 0 Å². The van der Waals surface area contributed by atoms with Crippen LogP contribution in [0.15, 0.2) is 23.7 Å². The van der Waals surface area contributed by atoms with Gasteiger partial charge < -0.3 is 5.73 Å². The van der Waals surface area contributed by atoms with Gasteiger partial charge in [-0.25, -0.2) is 0 Å². The van der Waals surface area contributed by atoms with E-state index in [1.54, 1.807) is 17.5 Å². The predicted octanol–water partition coefficient (Wildman–Crippen LogP) is 1.73. The maximum atomic E-state index is 5.62. The summed E-state index contributed by atoms with van der Waals surface area (Å²) in [5, 5.41) is 6.96. The number of hydrogen-bond donors (Lipinski definition) is 1. The summed E-state index contributed by atoms with van der Waals surface area (Å²) in [5.74, 6) is 0. The van der Waals surface area contributed by atoms with E-state index in [0.717, 1.165) is 16.3 Å². The molecule has 2 heterocycles. The highest BCUT2D eigenvalue weighted by atomic mass is 32.1. The lowest BCUT2D eigenvalue weighted by Gasteiger charge is -1.96. The van der Waals surface area contributed by atoms with Crippen molar-refractivity contribution in [2.75, 3.05) is 5.73 Å². The molecule has 0 aliphatic carbocycles. The molecule has 62 valence electrons. The van der Waals surface area contributed by atoms with Gasteiger partial charge in [0.1, 0.15) is 0 Å². The maximum Gasteiger partial charge on any atom is 0.0863 e. The fourth-order valence-electron chi connectivity index (χ4n) is 1.14. The molecule has 0 radical (unpaired) electrons. The lowest BCUT2D eigenvalue weighted by Crippen LogP contribution is -1.91. The van der Waals surface area contributed by atoms with Gasteiger partial charge in [0.25, 0.3) is 0 Å². The largest absolute Gasteiger partial charge is 0.391 e. The average Bonchev–Trinajstić information content (AvgIpc) is 2.58. The second kappa shape index (κ2) is 2.64. The van der Waals surface area contributed by atoms with Crippen molar-refractivity contribution in [2.24, 2.45) is 7.05 Å². The summed E-state index contributed by atoms with van der Waals surface area (Å²) in [5.41, 5.74) is 7.86. The van der Waals surface area contributed by atoms with E-state index in [4.69, 9.17) is 5.73 Å². The van der Waals surface area contributed by atoms with E-state index in [2.05, 4.69) is 5.10 Å². The fraction of sp³-hybridized carbons (Fsp3) is 0.125. The molecular weight excluding hydrogens is 170 g/mol. The number of thiophene rings is 1. The summed E-state index contributed by atoms with van der Waals surface area (Å²) in [7, 11) is 1.92. The minimum Gasteiger partial charge on any atom is -0.391 e. The molecule has 3 nitrogen and oxygen atoms in total. The minimum absolute atomic E-state index is 0.839. The van der Waals surface area contributed by atoms with Crippen LogP contribution in [-0.2, 0) is 7.05 Å². The van der Waals surface area contributed by atoms with Crippen LogP contribution in [0.1, 0.15) is 0 Å². The third-order valence-corrected chi connectivity index (χ3v) is 2.50. The van der Waals surface area contributed by atoms with Gasteiger partial charge in [0.15, 0.2) is 0 Å². The van der Waals surface area contributed by atoms with E-state index in [1.165, 1.54) is 0 Å². The van der Waals surface area contributed by atoms with Crippen LogP contribution in [0.25, 0.3) is 11.3 Å². The molecule has 2 aromatic heterocycles. The van der Waals surface area contributed by atoms with Crippen molar-refractivity contribution in [3.63, 3.8) is 0 Å². The zero-order valence-electron chi connectivity index (χ0n) is 6.69. The molecule has 0 saturated carbocycles. The number of rotatable bonds is 1. The van der Waals surface area contributed by atoms with E-state index >= 15 is 0 Å². The second-order valence-corrected chi connectivity index (χ2v) is 3.52. The number of hydrogen-bond acceptors (Lipinski definition) is 3. The van der Waals surface area contributed by atoms with Gasteiger partial charge >= 0.3 is 0 Å². The molecular formula is C8H9N3S. The highest BCUT2D eigenvalue weighted by molar-refractivity contribution is 7.14. The maximum absolute atomic E-state index is 5.62. The van der Waals surface area contributed by atoms with Crippen molar-refractivity contribution in [1.29, 1.82) is 0 Å². The van der Waals surface area contributed by atoms with Crippen molar-refractivity contribution in [3.8, 4) is 11.3 Å². The molecule has 0 atom stereocenters. The van der Waals surface area contributed by atoms with Crippen LogP contribution in [0.2, 0.25) is 0 Å². The molecule has 0 aliphatic rings. The zero-order valence-corrected chi connectivity index (χ0v) is 7.51. The van der Waals surface area contributed by atoms with Gasteiger partial charge in [0.2, 0.25) is 0 Å². The molecule has 0 bridgehead atoms. The smallest absolute Gasteiger partial charge is 0.0863 e. The first kappa shape index (κ1) is 7.36. The molecule has 0 spiro atoms. The summed E-state index contributed by atoms with van der Waals surface area (Å²) in [4.78, 5) is 0. The predicted molar refractivity (Wildman–Crippen MR) is 50.9 cm³/mol. The molecule has 2 aromatic rings. The Kier molecular flexibility index (Phi) is 1.62. The number of nitrogens with two attached hydrogens (primary N) is 1.